The number of allylic oxidation sites excluding steroid dienone is 6. The third-order valence-electron chi connectivity index (χ3n) is 10.0. The van der Waals surface area contributed by atoms with E-state index in [1.165, 1.54) is 44.1 Å². The van der Waals surface area contributed by atoms with Crippen LogP contribution in [0.25, 0.3) is 21.5 Å². The van der Waals surface area contributed by atoms with Crippen molar-refractivity contribution in [3.63, 3.8) is 0 Å². The molecule has 3 aliphatic heterocycles. The Bertz CT molecular complexity index is 2080. The van der Waals surface area contributed by atoms with E-state index in [9.17, 15) is 14.7 Å². The molecule has 3 aliphatic rings. The minimum atomic E-state index is -0.802. The summed E-state index contributed by atoms with van der Waals surface area (Å²) < 4.78 is 2.55. The number of Topliss-reactive ketones (excluding diaryl/α,β-unsaturated/α-hetero) is 1. The van der Waals surface area contributed by atoms with Gasteiger partial charge in [-0.25, -0.2) is 0 Å². The molecule has 7 rings (SSSR count). The molecule has 0 atom stereocenters. The van der Waals surface area contributed by atoms with Crippen molar-refractivity contribution in [2.45, 2.75) is 62.4 Å². The number of fused-ring (bicyclic) bond motifs is 6. The number of anilines is 1. The molecular weight excluding hydrogens is 633 g/mol. The Balaban J connectivity index is 1.21. The summed E-state index contributed by atoms with van der Waals surface area (Å²) in [6, 6.07) is 25.7. The smallest absolute Gasteiger partial charge is 0.305 e. The first kappa shape index (κ1) is 32.5. The fourth-order valence-corrected chi connectivity index (χ4v) is 9.10. The molecule has 7 heteroatoms. The molecule has 48 heavy (non-hydrogen) atoms. The lowest BCUT2D eigenvalue weighted by Gasteiger charge is -2.26. The molecule has 4 aromatic carbocycles. The van der Waals surface area contributed by atoms with Crippen molar-refractivity contribution in [2.24, 2.45) is 0 Å². The number of carboxylic acids is 1. The van der Waals surface area contributed by atoms with Gasteiger partial charge in [-0.2, -0.15) is 4.58 Å². The summed E-state index contributed by atoms with van der Waals surface area (Å²) >= 11 is 0. The van der Waals surface area contributed by atoms with Crippen LogP contribution in [-0.4, -0.2) is 44.8 Å². The number of carboxylic acid groups (broad SMARTS) is 1. The van der Waals surface area contributed by atoms with Crippen molar-refractivity contribution in [3.05, 3.63) is 120 Å². The predicted octanol–water partition coefficient (Wildman–Crippen LogP) is 9.71. The van der Waals surface area contributed by atoms with Gasteiger partial charge in [-0.05, 0) is 59.2 Å². The number of hydrogen-bond donors (Lipinski definition) is 1. The highest BCUT2D eigenvalue weighted by molar-refractivity contribution is 8.93. The predicted molar refractivity (Wildman–Crippen MR) is 203 cm³/mol. The van der Waals surface area contributed by atoms with E-state index in [4.69, 9.17) is 0 Å². The second-order valence-corrected chi connectivity index (χ2v) is 16.6. The highest BCUT2D eigenvalue weighted by atomic mass is 33.2. The Hall–Kier alpha value is -4.07. The van der Waals surface area contributed by atoms with Gasteiger partial charge in [0.05, 0.1) is 11.8 Å². The van der Waals surface area contributed by atoms with Crippen molar-refractivity contribution >= 4 is 72.0 Å². The van der Waals surface area contributed by atoms with Crippen molar-refractivity contribution in [1.29, 1.82) is 0 Å². The molecule has 1 fully saturated rings. The van der Waals surface area contributed by atoms with Gasteiger partial charge >= 0.3 is 5.97 Å². The van der Waals surface area contributed by atoms with E-state index in [1.54, 1.807) is 21.6 Å². The largest absolute Gasteiger partial charge is 0.481 e. The Morgan fingerprint density at radius 1 is 0.812 bits per heavy atom. The van der Waals surface area contributed by atoms with E-state index >= 15 is 0 Å². The number of benzene rings is 4. The third-order valence-corrected chi connectivity index (χ3v) is 12.1. The second-order valence-electron chi connectivity index (χ2n) is 13.8. The summed E-state index contributed by atoms with van der Waals surface area (Å²) in [6.07, 6.45) is 12.1. The maximum absolute atomic E-state index is 12.5. The number of carbonyl (C=O) groups is 2. The van der Waals surface area contributed by atoms with Crippen molar-refractivity contribution in [2.75, 3.05) is 18.0 Å². The molecule has 0 aliphatic carbocycles. The quantitative estimate of drug-likeness (QED) is 0.0741. The molecule has 5 nitrogen and oxygen atoms in total. The Morgan fingerprint density at radius 3 is 2.17 bits per heavy atom. The SMILES string of the molecule is CC1(C)C(/C=C/C=C/C=C2\N(CCC(=O)O)c3ccc4ccccc4c3C2(C)C)=[N+](CCCC(=O)C2SS2)c2ccc3ccccc3c21. The van der Waals surface area contributed by atoms with Gasteiger partial charge in [0.2, 0.25) is 5.69 Å². The Kier molecular flexibility index (Phi) is 8.63. The Morgan fingerprint density at radius 2 is 1.48 bits per heavy atom. The number of carbonyl (C=O) groups excluding carboxylic acids is 1. The molecule has 0 aromatic heterocycles. The number of hydrogen-bond acceptors (Lipinski definition) is 5. The molecule has 0 radical (unpaired) electrons. The van der Waals surface area contributed by atoms with Crippen LogP contribution >= 0.6 is 21.6 Å². The molecule has 0 amide bonds. The molecule has 4 aromatic rings. The first-order chi connectivity index (χ1) is 23.1. The summed E-state index contributed by atoms with van der Waals surface area (Å²) in [4.78, 5) is 26.3. The van der Waals surface area contributed by atoms with Gasteiger partial charge < -0.3 is 10.0 Å². The summed E-state index contributed by atoms with van der Waals surface area (Å²) in [6.45, 7) is 10.3. The van der Waals surface area contributed by atoms with Crippen LogP contribution in [0.4, 0.5) is 11.4 Å². The topological polar surface area (TPSA) is 60.6 Å². The van der Waals surface area contributed by atoms with Crippen LogP contribution in [0.5, 0.6) is 0 Å². The number of ketones is 1. The van der Waals surface area contributed by atoms with Crippen molar-refractivity contribution in [3.8, 4) is 0 Å². The maximum Gasteiger partial charge on any atom is 0.305 e. The second kappa shape index (κ2) is 12.8. The van der Waals surface area contributed by atoms with Crippen molar-refractivity contribution < 1.29 is 19.3 Å². The highest BCUT2D eigenvalue weighted by Gasteiger charge is 2.45. The van der Waals surface area contributed by atoms with Crippen LogP contribution in [0.1, 0.15) is 58.1 Å². The van der Waals surface area contributed by atoms with E-state index in [1.807, 2.05) is 0 Å². The number of aliphatic carboxylic acids is 1. The summed E-state index contributed by atoms with van der Waals surface area (Å²) in [7, 11) is 3.34. The molecule has 1 saturated heterocycles. The van der Waals surface area contributed by atoms with Gasteiger partial charge in [-0.1, -0.05) is 108 Å². The van der Waals surface area contributed by atoms with Gasteiger partial charge in [0.15, 0.2) is 11.5 Å². The van der Waals surface area contributed by atoms with Crippen LogP contribution in [0.3, 0.4) is 0 Å². The normalized spacial score (nSPS) is 18.9. The molecule has 0 saturated carbocycles. The van der Waals surface area contributed by atoms with E-state index in [0.29, 0.717) is 18.7 Å². The first-order valence-corrected chi connectivity index (χ1v) is 19.0. The van der Waals surface area contributed by atoms with Gasteiger partial charge in [0.1, 0.15) is 11.1 Å². The lowest BCUT2D eigenvalue weighted by atomic mass is 9.79. The van der Waals surface area contributed by atoms with Gasteiger partial charge in [-0.15, -0.1) is 0 Å². The first-order valence-electron chi connectivity index (χ1n) is 16.7. The fourth-order valence-electron chi connectivity index (χ4n) is 7.78. The minimum Gasteiger partial charge on any atom is -0.481 e. The minimum absolute atomic E-state index is 0.0612. The summed E-state index contributed by atoms with van der Waals surface area (Å²) in [5, 5.41) is 14.5. The van der Waals surface area contributed by atoms with Crippen LogP contribution in [0.15, 0.2) is 109 Å². The average molecular weight is 674 g/mol. The molecule has 1 N–H and O–H groups in total. The molecule has 0 spiro atoms. The van der Waals surface area contributed by atoms with E-state index in [-0.39, 0.29) is 21.8 Å². The highest BCUT2D eigenvalue weighted by Crippen LogP contribution is 2.54. The molecule has 0 bridgehead atoms. The van der Waals surface area contributed by atoms with Gasteiger partial charge in [-0.3, -0.25) is 9.59 Å². The molecule has 0 unspecified atom stereocenters. The summed E-state index contributed by atoms with van der Waals surface area (Å²) in [5.74, 6) is -0.457. The van der Waals surface area contributed by atoms with Crippen LogP contribution in [0, 0.1) is 0 Å². The zero-order valence-corrected chi connectivity index (χ0v) is 29.5. The van der Waals surface area contributed by atoms with Crippen molar-refractivity contribution in [1.82, 2.24) is 0 Å². The van der Waals surface area contributed by atoms with Crippen LogP contribution in [-0.2, 0) is 20.4 Å². The van der Waals surface area contributed by atoms with Crippen LogP contribution < -0.4 is 4.90 Å². The number of nitrogens with zero attached hydrogens (tertiary/aromatic N) is 2. The standard InChI is InChI=1S/C41H40N2O3S2/c1-40(2)34(42(25-12-17-33(44)39-47-48-39)31-22-20-27-13-8-10-15-29(27)37(31)40)18-6-5-7-19-35-41(3,4)38-30-16-11-9-14-28(30)21-23-32(38)43(35)26-24-36(45)46/h5-11,13-16,18-23,39H,12,17,24-26H2,1-4H3/p+1. The van der Waals surface area contributed by atoms with E-state index in [0.717, 1.165) is 24.4 Å². The molecular formula is C41H41N2O3S2+. The number of rotatable bonds is 11. The molecule has 3 heterocycles. The lowest BCUT2D eigenvalue weighted by molar-refractivity contribution is -0.438. The maximum atomic E-state index is 12.5. The van der Waals surface area contributed by atoms with E-state index < -0.39 is 5.97 Å². The fraction of sp³-hybridized carbons (Fsp3) is 0.293. The van der Waals surface area contributed by atoms with Gasteiger partial charge in [0, 0.05) is 53.9 Å². The van der Waals surface area contributed by atoms with Crippen LogP contribution in [0.2, 0.25) is 0 Å². The van der Waals surface area contributed by atoms with E-state index in [2.05, 4.69) is 140 Å². The zero-order chi connectivity index (χ0) is 33.6. The third kappa shape index (κ3) is 5.81. The summed E-state index contributed by atoms with van der Waals surface area (Å²) in [5.41, 5.74) is 6.65. The monoisotopic (exact) mass is 673 g/mol. The molecule has 244 valence electrons. The average Bonchev–Trinajstić information content (AvgIpc) is 3.86. The Labute approximate surface area is 290 Å². The zero-order valence-electron chi connectivity index (χ0n) is 27.9. The van der Waals surface area contributed by atoms with Gasteiger partial charge in [0.25, 0.3) is 0 Å². The lowest BCUT2D eigenvalue weighted by Crippen LogP contribution is -2.28.